The van der Waals surface area contributed by atoms with Crippen LogP contribution in [-0.4, -0.2) is 11.1 Å². The van der Waals surface area contributed by atoms with Crippen molar-refractivity contribution in [2.75, 3.05) is 0 Å². The molecule has 1 N–H and O–H groups in total. The fraction of sp³-hybridized carbons (Fsp3) is 0.0444. The maximum atomic E-state index is 12.7. The molecule has 4 heteroatoms. The lowest BCUT2D eigenvalue weighted by Gasteiger charge is -2.14. The lowest BCUT2D eigenvalue weighted by molar-refractivity contribution is -0.663. The van der Waals surface area contributed by atoms with Gasteiger partial charge in [-0.15, -0.1) is 0 Å². The van der Waals surface area contributed by atoms with Crippen LogP contribution in [0.5, 0.6) is 0 Å². The number of nitrogens with zero attached hydrogens (tertiary/aromatic N) is 2. The van der Waals surface area contributed by atoms with Gasteiger partial charge >= 0.3 is 5.97 Å². The highest BCUT2D eigenvalue weighted by atomic mass is 16.4. The lowest BCUT2D eigenvalue weighted by Crippen LogP contribution is -2.35. The van der Waals surface area contributed by atoms with Crippen LogP contribution in [0.2, 0.25) is 0 Å². The Labute approximate surface area is 284 Å². The van der Waals surface area contributed by atoms with Crippen LogP contribution in [0, 0.1) is 0 Å². The summed E-state index contributed by atoms with van der Waals surface area (Å²) in [5.41, 5.74) is 14.8. The van der Waals surface area contributed by atoms with Crippen LogP contribution >= 0.6 is 0 Å². The Balaban J connectivity index is 1.25. The molecule has 0 radical (unpaired) electrons. The minimum atomic E-state index is -0.942. The molecule has 5 aliphatic carbocycles. The molecule has 0 atom stereocenters. The minimum absolute atomic E-state index is 0.304. The van der Waals surface area contributed by atoms with Crippen molar-refractivity contribution in [3.05, 3.63) is 157 Å². The van der Waals surface area contributed by atoms with E-state index in [9.17, 15) is 9.90 Å². The first-order chi connectivity index (χ1) is 23.9. The second kappa shape index (κ2) is 11.1. The molecule has 19 rings (SSSR count). The quantitative estimate of drug-likeness (QED) is 0.145. The molecule has 0 saturated carbocycles. The van der Waals surface area contributed by atoms with Gasteiger partial charge in [0, 0.05) is 11.1 Å². The summed E-state index contributed by atoms with van der Waals surface area (Å²) in [6, 6.07) is 48.4. The maximum Gasteiger partial charge on any atom is 0.336 e. The van der Waals surface area contributed by atoms with Gasteiger partial charge < -0.3 is 5.11 Å². The molecule has 11 aliphatic rings. The van der Waals surface area contributed by atoms with Gasteiger partial charge in [0.1, 0.15) is 14.1 Å². The zero-order chi connectivity index (χ0) is 33.2. The second-order valence-corrected chi connectivity index (χ2v) is 13.0. The van der Waals surface area contributed by atoms with E-state index >= 15 is 0 Å². The zero-order valence-electron chi connectivity index (χ0n) is 27.2. The maximum absolute atomic E-state index is 12.7. The van der Waals surface area contributed by atoms with Gasteiger partial charge in [0.2, 0.25) is 0 Å². The number of aryl methyl sites for hydroxylation is 2. The largest absolute Gasteiger partial charge is 0.478 e. The number of hydrogen-bond donors (Lipinski definition) is 1. The summed E-state index contributed by atoms with van der Waals surface area (Å²) in [6.07, 6.45) is 4.43. The number of rotatable bonds is 1. The van der Waals surface area contributed by atoms with Crippen LogP contribution in [0.4, 0.5) is 0 Å². The van der Waals surface area contributed by atoms with E-state index in [0.29, 0.717) is 16.7 Å². The number of carboxylic acid groups (broad SMARTS) is 1. The van der Waals surface area contributed by atoms with Gasteiger partial charge in [-0.05, 0) is 79.9 Å². The predicted octanol–water partition coefficient (Wildman–Crippen LogP) is 9.66. The van der Waals surface area contributed by atoms with E-state index in [1.54, 1.807) is 0 Å². The van der Waals surface area contributed by atoms with Crippen molar-refractivity contribution in [2.45, 2.75) is 0 Å². The molecule has 0 unspecified atom stereocenters. The SMILES string of the molecule is C[n+]1cc2cc3ccc4cc(c[n+](C)c4c31)-c1ccc(cc1)-c1ccc(cc1)-c1cccc(c1C(=O)O)-c1ccc(cc1)-c1ccc-2cc1. The van der Waals surface area contributed by atoms with E-state index in [4.69, 9.17) is 0 Å². The molecular formula is C45H32N2O2+2. The number of pyridine rings is 2. The van der Waals surface area contributed by atoms with Crippen LogP contribution in [0.1, 0.15) is 10.4 Å². The minimum Gasteiger partial charge on any atom is -0.478 e. The first-order valence-electron chi connectivity index (χ1n) is 16.5. The summed E-state index contributed by atoms with van der Waals surface area (Å²) < 4.78 is 4.48. The summed E-state index contributed by atoms with van der Waals surface area (Å²) in [5, 5.41) is 12.8. The van der Waals surface area contributed by atoms with Gasteiger partial charge in [0.25, 0.3) is 11.0 Å². The third-order valence-corrected chi connectivity index (χ3v) is 9.98. The van der Waals surface area contributed by atoms with Crippen LogP contribution in [0.25, 0.3) is 88.6 Å². The average Bonchev–Trinajstić information content (AvgIpc) is 3.14. The molecule has 8 heterocycles. The molecule has 0 saturated heterocycles. The highest BCUT2D eigenvalue weighted by Gasteiger charge is 2.22. The van der Waals surface area contributed by atoms with Gasteiger partial charge in [-0.25, -0.2) is 4.79 Å². The number of carbonyl (C=O) groups is 1. The van der Waals surface area contributed by atoms with E-state index < -0.39 is 5.97 Å². The zero-order valence-corrected chi connectivity index (χ0v) is 27.2. The van der Waals surface area contributed by atoms with Gasteiger partial charge in [-0.3, -0.25) is 0 Å². The molecule has 16 bridgehead atoms. The van der Waals surface area contributed by atoms with Gasteiger partial charge in [0.15, 0.2) is 12.4 Å². The molecule has 4 nitrogen and oxygen atoms in total. The second-order valence-electron chi connectivity index (χ2n) is 13.0. The molecule has 232 valence electrons. The summed E-state index contributed by atoms with van der Waals surface area (Å²) in [6.45, 7) is 0. The summed E-state index contributed by atoms with van der Waals surface area (Å²) in [4.78, 5) is 12.7. The Morgan fingerprint density at radius 1 is 0.429 bits per heavy atom. The third-order valence-electron chi connectivity index (χ3n) is 9.98. The molecule has 2 aromatic heterocycles. The Morgan fingerprint density at radius 3 is 1.06 bits per heavy atom. The van der Waals surface area contributed by atoms with E-state index in [2.05, 4.69) is 133 Å². The number of hydrogen-bond acceptors (Lipinski definition) is 1. The Bertz CT molecular complexity index is 2430. The van der Waals surface area contributed by atoms with Crippen molar-refractivity contribution >= 4 is 27.8 Å². The number of aromatic carboxylic acids is 1. The average molecular weight is 633 g/mol. The molecule has 0 amide bonds. The summed E-state index contributed by atoms with van der Waals surface area (Å²) in [5.74, 6) is -0.942. The fourth-order valence-electron chi connectivity index (χ4n) is 7.52. The van der Waals surface area contributed by atoms with Crippen LogP contribution in [0.3, 0.4) is 0 Å². The number of benzene rings is 6. The first-order valence-corrected chi connectivity index (χ1v) is 16.5. The van der Waals surface area contributed by atoms with Crippen molar-refractivity contribution in [1.82, 2.24) is 0 Å². The molecular weight excluding hydrogens is 601 g/mol. The lowest BCUT2D eigenvalue weighted by atomic mass is 9.90. The third kappa shape index (κ3) is 4.80. The van der Waals surface area contributed by atoms with Crippen LogP contribution in [-0.2, 0) is 14.1 Å². The summed E-state index contributed by atoms with van der Waals surface area (Å²) >= 11 is 0. The fourth-order valence-corrected chi connectivity index (χ4v) is 7.52. The normalized spacial score (nSPS) is 11.6. The van der Waals surface area contributed by atoms with Crippen molar-refractivity contribution in [3.8, 4) is 66.8 Å². The Kier molecular flexibility index (Phi) is 6.53. The highest BCUT2D eigenvalue weighted by Crippen LogP contribution is 2.36. The molecule has 0 spiro atoms. The topological polar surface area (TPSA) is 45.1 Å². The van der Waals surface area contributed by atoms with Gasteiger partial charge in [-0.1, -0.05) is 115 Å². The van der Waals surface area contributed by atoms with Crippen molar-refractivity contribution in [3.63, 3.8) is 0 Å². The number of aromatic nitrogens is 2. The molecule has 8 aromatic rings. The first kappa shape index (κ1) is 28.8. The molecule has 6 aromatic carbocycles. The van der Waals surface area contributed by atoms with Crippen LogP contribution in [0.15, 0.2) is 152 Å². The van der Waals surface area contributed by atoms with Crippen molar-refractivity contribution < 1.29 is 19.0 Å². The summed E-state index contributed by atoms with van der Waals surface area (Å²) in [7, 11) is 4.26. The predicted molar refractivity (Wildman–Crippen MR) is 197 cm³/mol. The Hall–Kier alpha value is -6.39. The molecule has 49 heavy (non-hydrogen) atoms. The highest BCUT2D eigenvalue weighted by molar-refractivity contribution is 6.03. The van der Waals surface area contributed by atoms with Crippen LogP contribution < -0.4 is 9.13 Å². The van der Waals surface area contributed by atoms with E-state index in [1.807, 2.05) is 42.5 Å². The van der Waals surface area contributed by atoms with Gasteiger partial charge in [-0.2, -0.15) is 9.13 Å². The Morgan fingerprint density at radius 2 is 0.735 bits per heavy atom. The number of carboxylic acids is 1. The molecule has 0 fully saturated rings. The van der Waals surface area contributed by atoms with E-state index in [-0.39, 0.29) is 0 Å². The smallest absolute Gasteiger partial charge is 0.336 e. The standard InChI is InChI=1S/C45H31N2O2/c1-46-26-38-24-36-22-23-37-25-39(27-47(2)44(37)43(36)46)33-12-8-29(9-13-33)31-16-20-35(21-17-31)41-5-3-4-40(42(41)45(48)49)34-18-14-30(15-19-34)28-6-10-32(38)11-7-28/h3-27H,1-2H3/q+1/p+1. The van der Waals surface area contributed by atoms with E-state index in [0.717, 1.165) is 55.6 Å². The van der Waals surface area contributed by atoms with Crippen molar-refractivity contribution in [2.24, 2.45) is 14.1 Å². The molecule has 6 aliphatic heterocycles. The van der Waals surface area contributed by atoms with Gasteiger partial charge in [0.05, 0.1) is 16.3 Å². The monoisotopic (exact) mass is 632 g/mol. The van der Waals surface area contributed by atoms with Crippen molar-refractivity contribution in [1.29, 1.82) is 0 Å². The van der Waals surface area contributed by atoms with E-state index in [1.165, 1.54) is 21.8 Å².